The summed E-state index contributed by atoms with van der Waals surface area (Å²) in [6.07, 6.45) is 6.78. The second-order valence-electron chi connectivity index (χ2n) is 6.50. The van der Waals surface area contributed by atoms with Crippen LogP contribution < -0.4 is 10.2 Å². The van der Waals surface area contributed by atoms with Crippen molar-refractivity contribution < 1.29 is 4.79 Å². The number of rotatable bonds is 5. The first-order chi connectivity index (χ1) is 10.3. The molecule has 1 amide bonds. The van der Waals surface area contributed by atoms with Crippen LogP contribution in [0.1, 0.15) is 44.6 Å². The Morgan fingerprint density at radius 1 is 1.29 bits per heavy atom. The smallest absolute Gasteiger partial charge is 0.223 e. The van der Waals surface area contributed by atoms with Crippen molar-refractivity contribution in [1.82, 2.24) is 5.32 Å². The lowest BCUT2D eigenvalue weighted by Gasteiger charge is -2.25. The lowest BCUT2D eigenvalue weighted by Crippen LogP contribution is -2.34. The Hall–Kier alpha value is -1.51. The topological polar surface area (TPSA) is 32.3 Å². The molecular formula is C18H26N2O. The van der Waals surface area contributed by atoms with Gasteiger partial charge in [0.15, 0.2) is 0 Å². The molecule has 1 aliphatic heterocycles. The van der Waals surface area contributed by atoms with Crippen molar-refractivity contribution in [1.29, 1.82) is 0 Å². The third-order valence-corrected chi connectivity index (χ3v) is 4.95. The number of hydrogen-bond acceptors (Lipinski definition) is 2. The highest BCUT2D eigenvalue weighted by Gasteiger charge is 2.25. The number of benzene rings is 1. The van der Waals surface area contributed by atoms with Crippen LogP contribution in [0, 0.1) is 5.92 Å². The molecule has 3 nitrogen and oxygen atoms in total. The van der Waals surface area contributed by atoms with Crippen LogP contribution in [-0.4, -0.2) is 25.0 Å². The zero-order valence-electron chi connectivity index (χ0n) is 13.0. The Labute approximate surface area is 127 Å². The quantitative estimate of drug-likeness (QED) is 0.843. The molecule has 0 bridgehead atoms. The molecule has 1 atom stereocenters. The van der Waals surface area contributed by atoms with E-state index in [9.17, 15) is 4.79 Å². The molecule has 0 saturated heterocycles. The molecule has 114 valence electrons. The molecule has 0 aromatic heterocycles. The van der Waals surface area contributed by atoms with Crippen LogP contribution in [0.15, 0.2) is 24.3 Å². The van der Waals surface area contributed by atoms with Gasteiger partial charge in [-0.25, -0.2) is 0 Å². The summed E-state index contributed by atoms with van der Waals surface area (Å²) in [4.78, 5) is 14.5. The summed E-state index contributed by atoms with van der Waals surface area (Å²) < 4.78 is 0. The largest absolute Gasteiger partial charge is 0.368 e. The third kappa shape index (κ3) is 3.22. The third-order valence-electron chi connectivity index (χ3n) is 4.95. The van der Waals surface area contributed by atoms with Crippen LogP contribution in [-0.2, 0) is 11.2 Å². The number of carbonyl (C=O) groups excluding carboxylic acids is 1. The van der Waals surface area contributed by atoms with E-state index in [1.165, 1.54) is 24.1 Å². The molecule has 3 rings (SSSR count). The first-order valence-corrected chi connectivity index (χ1v) is 8.38. The average molecular weight is 286 g/mol. The molecular weight excluding hydrogens is 260 g/mol. The maximum Gasteiger partial charge on any atom is 0.223 e. The van der Waals surface area contributed by atoms with Gasteiger partial charge < -0.3 is 10.2 Å². The number of fused-ring (bicyclic) bond motifs is 1. The molecule has 1 aromatic carbocycles. The van der Waals surface area contributed by atoms with Crippen molar-refractivity contribution >= 4 is 11.6 Å². The number of amides is 1. The van der Waals surface area contributed by atoms with Crippen molar-refractivity contribution in [3.63, 3.8) is 0 Å². The van der Waals surface area contributed by atoms with Gasteiger partial charge in [-0.3, -0.25) is 4.79 Å². The van der Waals surface area contributed by atoms with Crippen molar-refractivity contribution in [2.45, 2.75) is 51.5 Å². The van der Waals surface area contributed by atoms with Gasteiger partial charge in [-0.1, -0.05) is 31.0 Å². The maximum absolute atomic E-state index is 12.0. The summed E-state index contributed by atoms with van der Waals surface area (Å²) in [5.41, 5.74) is 2.84. The van der Waals surface area contributed by atoms with E-state index in [1.807, 2.05) is 0 Å². The van der Waals surface area contributed by atoms with Gasteiger partial charge in [-0.2, -0.15) is 0 Å². The minimum atomic E-state index is 0.280. The minimum absolute atomic E-state index is 0.280. The first kappa shape index (κ1) is 14.4. The predicted octanol–water partition coefficient (Wildman–Crippen LogP) is 3.13. The summed E-state index contributed by atoms with van der Waals surface area (Å²) in [6.45, 7) is 4.13. The zero-order chi connectivity index (χ0) is 14.7. The molecule has 1 heterocycles. The SMILES string of the molecule is C[C@H]1Cc2ccccc2N1CCCNC(=O)C1CCCC1. The fraction of sp³-hybridized carbons (Fsp3) is 0.611. The van der Waals surface area contributed by atoms with E-state index in [4.69, 9.17) is 0 Å². The highest BCUT2D eigenvalue weighted by Crippen LogP contribution is 2.31. The fourth-order valence-electron chi connectivity index (χ4n) is 3.76. The van der Waals surface area contributed by atoms with Crippen LogP contribution in [0.4, 0.5) is 5.69 Å². The molecule has 0 unspecified atom stereocenters. The number of anilines is 1. The highest BCUT2D eigenvalue weighted by atomic mass is 16.1. The van der Waals surface area contributed by atoms with E-state index in [1.54, 1.807) is 0 Å². The van der Waals surface area contributed by atoms with Gasteiger partial charge in [0.25, 0.3) is 0 Å². The molecule has 1 N–H and O–H groups in total. The van der Waals surface area contributed by atoms with E-state index in [2.05, 4.69) is 41.4 Å². The fourth-order valence-corrected chi connectivity index (χ4v) is 3.76. The first-order valence-electron chi connectivity index (χ1n) is 8.38. The Morgan fingerprint density at radius 3 is 2.86 bits per heavy atom. The van der Waals surface area contributed by atoms with Crippen molar-refractivity contribution in [3.8, 4) is 0 Å². The van der Waals surface area contributed by atoms with Gasteiger partial charge >= 0.3 is 0 Å². The van der Waals surface area contributed by atoms with Crippen molar-refractivity contribution in [2.75, 3.05) is 18.0 Å². The Bertz CT molecular complexity index is 494. The summed E-state index contributed by atoms with van der Waals surface area (Å²) in [6, 6.07) is 9.26. The van der Waals surface area contributed by atoms with Crippen LogP contribution in [0.5, 0.6) is 0 Å². The monoisotopic (exact) mass is 286 g/mol. The summed E-state index contributed by atoms with van der Waals surface area (Å²) in [5, 5.41) is 3.12. The molecule has 1 aromatic rings. The van der Waals surface area contributed by atoms with Crippen molar-refractivity contribution in [2.24, 2.45) is 5.92 Å². The number of nitrogens with one attached hydrogen (secondary N) is 1. The van der Waals surface area contributed by atoms with Gasteiger partial charge in [0.1, 0.15) is 0 Å². The second kappa shape index (κ2) is 6.50. The highest BCUT2D eigenvalue weighted by molar-refractivity contribution is 5.78. The van der Waals surface area contributed by atoms with Gasteiger partial charge in [0.05, 0.1) is 0 Å². The molecule has 0 radical (unpaired) electrons. The Morgan fingerprint density at radius 2 is 2.05 bits per heavy atom. The van der Waals surface area contributed by atoms with E-state index in [0.29, 0.717) is 6.04 Å². The second-order valence-corrected chi connectivity index (χ2v) is 6.50. The maximum atomic E-state index is 12.0. The lowest BCUT2D eigenvalue weighted by molar-refractivity contribution is -0.124. The summed E-state index contributed by atoms with van der Waals surface area (Å²) in [5.74, 6) is 0.568. The van der Waals surface area contributed by atoms with Gasteiger partial charge in [0, 0.05) is 30.7 Å². The van der Waals surface area contributed by atoms with Gasteiger partial charge in [-0.05, 0) is 44.2 Å². The molecule has 1 fully saturated rings. The Balaban J connectivity index is 1.44. The summed E-state index contributed by atoms with van der Waals surface area (Å²) in [7, 11) is 0. The van der Waals surface area contributed by atoms with Gasteiger partial charge in [0.2, 0.25) is 5.91 Å². The number of carbonyl (C=O) groups is 1. The van der Waals surface area contributed by atoms with Crippen LogP contribution in [0.3, 0.4) is 0 Å². The zero-order valence-corrected chi connectivity index (χ0v) is 13.0. The van der Waals surface area contributed by atoms with Crippen LogP contribution >= 0.6 is 0 Å². The number of para-hydroxylation sites is 1. The van der Waals surface area contributed by atoms with E-state index < -0.39 is 0 Å². The molecule has 2 aliphatic rings. The number of hydrogen-bond donors (Lipinski definition) is 1. The van der Waals surface area contributed by atoms with Crippen LogP contribution in [0.2, 0.25) is 0 Å². The van der Waals surface area contributed by atoms with Gasteiger partial charge in [-0.15, -0.1) is 0 Å². The molecule has 1 aliphatic carbocycles. The lowest BCUT2D eigenvalue weighted by atomic mass is 10.1. The van der Waals surface area contributed by atoms with E-state index in [0.717, 1.165) is 38.8 Å². The average Bonchev–Trinajstić information content (AvgIpc) is 3.11. The molecule has 0 spiro atoms. The van der Waals surface area contributed by atoms with E-state index >= 15 is 0 Å². The van der Waals surface area contributed by atoms with Crippen molar-refractivity contribution in [3.05, 3.63) is 29.8 Å². The normalized spacial score (nSPS) is 21.6. The molecule has 21 heavy (non-hydrogen) atoms. The summed E-state index contributed by atoms with van der Waals surface area (Å²) >= 11 is 0. The minimum Gasteiger partial charge on any atom is -0.368 e. The number of nitrogens with zero attached hydrogens (tertiary/aromatic N) is 1. The Kier molecular flexibility index (Phi) is 4.47. The molecule has 3 heteroatoms. The predicted molar refractivity (Wildman–Crippen MR) is 86.5 cm³/mol. The van der Waals surface area contributed by atoms with E-state index in [-0.39, 0.29) is 11.8 Å². The molecule has 1 saturated carbocycles. The standard InChI is InChI=1S/C18H26N2O/c1-14-13-16-9-4-5-10-17(16)20(14)12-6-11-19-18(21)15-7-2-3-8-15/h4-5,9-10,14-15H,2-3,6-8,11-13H2,1H3,(H,19,21)/t14-/m0/s1. The van der Waals surface area contributed by atoms with Crippen LogP contribution in [0.25, 0.3) is 0 Å².